The molecule has 1 atom stereocenters. The lowest BCUT2D eigenvalue weighted by Crippen LogP contribution is -2.12. The van der Waals surface area contributed by atoms with Crippen LogP contribution in [0.4, 0.5) is 0 Å². The standard InChI is InChI=1S/C14H20ClN3OS/c1-8-12(15)10(18(5)17-8)6-11(19)9-7-20-13(16-9)14(2,3)4/h7,11,19H,6H2,1-5H3. The molecule has 0 saturated heterocycles. The van der Waals surface area contributed by atoms with E-state index in [9.17, 15) is 5.11 Å². The van der Waals surface area contributed by atoms with Crippen LogP contribution in [0.1, 0.15) is 49.0 Å². The van der Waals surface area contributed by atoms with Crippen molar-refractivity contribution in [3.8, 4) is 0 Å². The average molecular weight is 314 g/mol. The molecule has 0 amide bonds. The van der Waals surface area contributed by atoms with E-state index in [4.69, 9.17) is 11.6 Å². The van der Waals surface area contributed by atoms with Crippen molar-refractivity contribution in [2.45, 2.75) is 45.6 Å². The molecule has 0 aliphatic rings. The Morgan fingerprint density at radius 3 is 2.55 bits per heavy atom. The van der Waals surface area contributed by atoms with E-state index in [1.165, 1.54) is 0 Å². The van der Waals surface area contributed by atoms with Gasteiger partial charge in [0.15, 0.2) is 0 Å². The van der Waals surface area contributed by atoms with Gasteiger partial charge in [-0.3, -0.25) is 4.68 Å². The highest BCUT2D eigenvalue weighted by molar-refractivity contribution is 7.09. The van der Waals surface area contributed by atoms with Crippen molar-refractivity contribution < 1.29 is 5.11 Å². The fourth-order valence-electron chi connectivity index (χ4n) is 1.97. The fraction of sp³-hybridized carbons (Fsp3) is 0.571. The van der Waals surface area contributed by atoms with Crippen LogP contribution < -0.4 is 0 Å². The maximum Gasteiger partial charge on any atom is 0.102 e. The normalized spacial score (nSPS) is 13.8. The number of hydrogen-bond donors (Lipinski definition) is 1. The summed E-state index contributed by atoms with van der Waals surface area (Å²) in [4.78, 5) is 4.54. The molecule has 1 N–H and O–H groups in total. The molecule has 4 nitrogen and oxygen atoms in total. The van der Waals surface area contributed by atoms with Crippen molar-refractivity contribution >= 4 is 22.9 Å². The first-order valence-corrected chi connectivity index (χ1v) is 7.78. The largest absolute Gasteiger partial charge is 0.386 e. The molecule has 2 heterocycles. The number of aliphatic hydroxyl groups is 1. The highest BCUT2D eigenvalue weighted by Gasteiger charge is 2.22. The van der Waals surface area contributed by atoms with Crippen molar-refractivity contribution in [2.75, 3.05) is 0 Å². The topological polar surface area (TPSA) is 50.9 Å². The second-order valence-corrected chi connectivity index (χ2v) is 7.25. The number of halogens is 1. The SMILES string of the molecule is Cc1nn(C)c(CC(O)c2csc(C(C)(C)C)n2)c1Cl. The summed E-state index contributed by atoms with van der Waals surface area (Å²) in [6, 6.07) is 0. The molecule has 0 aromatic carbocycles. The summed E-state index contributed by atoms with van der Waals surface area (Å²) in [6.45, 7) is 8.20. The molecule has 0 bridgehead atoms. The molecule has 0 aliphatic heterocycles. The van der Waals surface area contributed by atoms with Gasteiger partial charge in [-0.2, -0.15) is 5.10 Å². The first-order chi connectivity index (χ1) is 9.20. The van der Waals surface area contributed by atoms with Crippen molar-refractivity contribution in [1.82, 2.24) is 14.8 Å². The van der Waals surface area contributed by atoms with E-state index in [1.807, 2.05) is 19.4 Å². The van der Waals surface area contributed by atoms with E-state index in [2.05, 4.69) is 30.9 Å². The van der Waals surface area contributed by atoms with Crippen LogP contribution in [0.3, 0.4) is 0 Å². The molecule has 2 rings (SSSR count). The number of aromatic nitrogens is 3. The van der Waals surface area contributed by atoms with Crippen LogP contribution in [0.2, 0.25) is 5.02 Å². The molecule has 20 heavy (non-hydrogen) atoms. The smallest absolute Gasteiger partial charge is 0.102 e. The predicted octanol–water partition coefficient (Wildman–Crippen LogP) is 3.41. The van der Waals surface area contributed by atoms with Crippen LogP contribution in [0.5, 0.6) is 0 Å². The van der Waals surface area contributed by atoms with Gasteiger partial charge in [-0.25, -0.2) is 4.98 Å². The van der Waals surface area contributed by atoms with Gasteiger partial charge in [-0.05, 0) is 6.92 Å². The molecule has 110 valence electrons. The van der Waals surface area contributed by atoms with Gasteiger partial charge < -0.3 is 5.11 Å². The summed E-state index contributed by atoms with van der Waals surface area (Å²) in [5.41, 5.74) is 2.32. The Hall–Kier alpha value is -0.910. The van der Waals surface area contributed by atoms with Gasteiger partial charge >= 0.3 is 0 Å². The quantitative estimate of drug-likeness (QED) is 0.944. The lowest BCUT2D eigenvalue weighted by molar-refractivity contribution is 0.171. The number of nitrogens with zero attached hydrogens (tertiary/aromatic N) is 3. The summed E-state index contributed by atoms with van der Waals surface area (Å²) in [5, 5.41) is 18.2. The molecular weight excluding hydrogens is 294 g/mol. The number of rotatable bonds is 3. The third-order valence-electron chi connectivity index (χ3n) is 3.15. The molecule has 1 unspecified atom stereocenters. The van der Waals surface area contributed by atoms with Gasteiger partial charge in [0.25, 0.3) is 0 Å². The van der Waals surface area contributed by atoms with Gasteiger partial charge in [-0.15, -0.1) is 11.3 Å². The number of thiazole rings is 1. The van der Waals surface area contributed by atoms with E-state index >= 15 is 0 Å². The summed E-state index contributed by atoms with van der Waals surface area (Å²) < 4.78 is 1.72. The number of aliphatic hydroxyl groups excluding tert-OH is 1. The zero-order valence-electron chi connectivity index (χ0n) is 12.4. The van der Waals surface area contributed by atoms with Crippen LogP contribution in [0, 0.1) is 6.92 Å². The van der Waals surface area contributed by atoms with Crippen molar-refractivity contribution in [1.29, 1.82) is 0 Å². The maximum absolute atomic E-state index is 10.4. The molecule has 0 spiro atoms. The minimum Gasteiger partial charge on any atom is -0.386 e. The lowest BCUT2D eigenvalue weighted by Gasteiger charge is -2.14. The molecular formula is C14H20ClN3OS. The molecule has 0 saturated carbocycles. The van der Waals surface area contributed by atoms with Crippen LogP contribution in [0.15, 0.2) is 5.38 Å². The molecule has 0 fully saturated rings. The summed E-state index contributed by atoms with van der Waals surface area (Å²) in [7, 11) is 1.84. The Bertz CT molecular complexity index is 612. The number of aryl methyl sites for hydroxylation is 2. The number of hydrogen-bond acceptors (Lipinski definition) is 4. The Morgan fingerprint density at radius 1 is 1.45 bits per heavy atom. The van der Waals surface area contributed by atoms with E-state index in [-0.39, 0.29) is 5.41 Å². The summed E-state index contributed by atoms with van der Waals surface area (Å²) in [6.07, 6.45) is -0.238. The van der Waals surface area contributed by atoms with Crippen LogP contribution in [0.25, 0.3) is 0 Å². The zero-order valence-corrected chi connectivity index (χ0v) is 14.0. The van der Waals surface area contributed by atoms with Crippen LogP contribution in [-0.2, 0) is 18.9 Å². The third kappa shape index (κ3) is 3.05. The monoisotopic (exact) mass is 313 g/mol. The highest BCUT2D eigenvalue weighted by Crippen LogP contribution is 2.30. The average Bonchev–Trinajstić information content (AvgIpc) is 2.90. The van der Waals surface area contributed by atoms with Crippen molar-refractivity contribution in [3.63, 3.8) is 0 Å². The summed E-state index contributed by atoms with van der Waals surface area (Å²) in [5.74, 6) is 0. The Kier molecular flexibility index (Phi) is 4.23. The minimum absolute atomic E-state index is 0.00337. The molecule has 0 aliphatic carbocycles. The summed E-state index contributed by atoms with van der Waals surface area (Å²) >= 11 is 7.79. The minimum atomic E-state index is -0.658. The maximum atomic E-state index is 10.4. The van der Waals surface area contributed by atoms with Gasteiger partial charge in [0.1, 0.15) is 6.10 Å². The molecule has 2 aromatic heterocycles. The first kappa shape index (κ1) is 15.5. The van der Waals surface area contributed by atoms with Crippen molar-refractivity contribution in [2.24, 2.45) is 7.05 Å². The molecule has 6 heteroatoms. The predicted molar refractivity (Wildman–Crippen MR) is 82.4 cm³/mol. The second-order valence-electron chi connectivity index (χ2n) is 6.02. The Labute approximate surface area is 128 Å². The van der Waals surface area contributed by atoms with Gasteiger partial charge in [0, 0.05) is 24.3 Å². The lowest BCUT2D eigenvalue weighted by atomic mass is 9.98. The van der Waals surface area contributed by atoms with Gasteiger partial charge in [-0.1, -0.05) is 32.4 Å². The van der Waals surface area contributed by atoms with E-state index in [0.717, 1.165) is 16.4 Å². The van der Waals surface area contributed by atoms with Crippen LogP contribution in [-0.4, -0.2) is 19.9 Å². The second kappa shape index (κ2) is 5.47. The van der Waals surface area contributed by atoms with Crippen LogP contribution >= 0.6 is 22.9 Å². The zero-order chi connectivity index (χ0) is 15.1. The highest BCUT2D eigenvalue weighted by atomic mass is 35.5. The third-order valence-corrected chi connectivity index (χ3v) is 4.93. The van der Waals surface area contributed by atoms with E-state index < -0.39 is 6.10 Å². The Morgan fingerprint density at radius 2 is 2.10 bits per heavy atom. The van der Waals surface area contributed by atoms with E-state index in [1.54, 1.807) is 16.0 Å². The molecule has 0 radical (unpaired) electrons. The first-order valence-electron chi connectivity index (χ1n) is 6.52. The van der Waals surface area contributed by atoms with E-state index in [0.29, 0.717) is 17.1 Å². The molecule has 2 aromatic rings. The van der Waals surface area contributed by atoms with Gasteiger partial charge in [0.2, 0.25) is 0 Å². The van der Waals surface area contributed by atoms with Gasteiger partial charge in [0.05, 0.1) is 27.1 Å². The fourth-order valence-corrected chi connectivity index (χ4v) is 3.16. The Balaban J connectivity index is 2.20. The van der Waals surface area contributed by atoms with Crippen molar-refractivity contribution in [3.05, 3.63) is 32.5 Å².